The number of aromatic hydroxyl groups is 2. The second kappa shape index (κ2) is 6.69. The summed E-state index contributed by atoms with van der Waals surface area (Å²) in [6.45, 7) is 0. The second-order valence-corrected chi connectivity index (χ2v) is 5.96. The van der Waals surface area contributed by atoms with Crippen molar-refractivity contribution in [2.75, 3.05) is 0 Å². The van der Waals surface area contributed by atoms with Crippen molar-refractivity contribution < 1.29 is 10.2 Å². The highest BCUT2D eigenvalue weighted by Gasteiger charge is 2.04. The fourth-order valence-corrected chi connectivity index (χ4v) is 3.00. The number of hydrogen-bond acceptors (Lipinski definition) is 4. The van der Waals surface area contributed by atoms with E-state index >= 15 is 0 Å². The van der Waals surface area contributed by atoms with Gasteiger partial charge in [-0.15, -0.1) is 0 Å². The Balaban J connectivity index is 1.68. The molecule has 0 aliphatic heterocycles. The van der Waals surface area contributed by atoms with Gasteiger partial charge < -0.3 is 10.2 Å². The van der Waals surface area contributed by atoms with Crippen LogP contribution >= 0.6 is 0 Å². The standard InChI is InChI=1S/C22H16N2O2/c25-18-10-8-16-5-3-6-17(20(16)12-18)13-23-24-14-21-19-7-2-1-4-15(19)9-11-22(21)26/h1-14,25-26H/b23-13+,24-14+. The molecule has 0 spiro atoms. The van der Waals surface area contributed by atoms with Crippen molar-refractivity contribution in [1.82, 2.24) is 0 Å². The van der Waals surface area contributed by atoms with Gasteiger partial charge in [0.2, 0.25) is 0 Å². The Morgan fingerprint density at radius 1 is 0.654 bits per heavy atom. The molecule has 0 bridgehead atoms. The normalized spacial score (nSPS) is 11.8. The topological polar surface area (TPSA) is 65.2 Å². The highest BCUT2D eigenvalue weighted by molar-refractivity contribution is 6.03. The maximum atomic E-state index is 10.1. The number of benzene rings is 4. The Morgan fingerprint density at radius 2 is 1.38 bits per heavy atom. The fourth-order valence-electron chi connectivity index (χ4n) is 3.00. The number of phenols is 2. The van der Waals surface area contributed by atoms with Gasteiger partial charge in [-0.05, 0) is 39.7 Å². The Morgan fingerprint density at radius 3 is 2.31 bits per heavy atom. The van der Waals surface area contributed by atoms with E-state index in [1.165, 1.54) is 0 Å². The van der Waals surface area contributed by atoms with E-state index in [1.54, 1.807) is 30.6 Å². The summed E-state index contributed by atoms with van der Waals surface area (Å²) in [4.78, 5) is 0. The lowest BCUT2D eigenvalue weighted by Crippen LogP contribution is -1.86. The van der Waals surface area contributed by atoms with E-state index < -0.39 is 0 Å². The van der Waals surface area contributed by atoms with Crippen LogP contribution in [0.1, 0.15) is 11.1 Å². The molecule has 0 saturated carbocycles. The van der Waals surface area contributed by atoms with Crippen molar-refractivity contribution in [2.24, 2.45) is 10.2 Å². The average molecular weight is 340 g/mol. The molecule has 0 fully saturated rings. The molecule has 0 aromatic heterocycles. The summed E-state index contributed by atoms with van der Waals surface area (Å²) in [5.74, 6) is 0.375. The SMILES string of the molecule is Oc1ccc2cccc(/C=N/N=C/c3c(O)ccc4ccccc34)c2c1. The molecule has 0 unspecified atom stereocenters. The Labute approximate surface area is 150 Å². The summed E-state index contributed by atoms with van der Waals surface area (Å²) < 4.78 is 0. The predicted octanol–water partition coefficient (Wildman–Crippen LogP) is 4.86. The molecule has 4 aromatic carbocycles. The van der Waals surface area contributed by atoms with E-state index in [0.29, 0.717) is 5.56 Å². The van der Waals surface area contributed by atoms with Gasteiger partial charge in [0.15, 0.2) is 0 Å². The zero-order chi connectivity index (χ0) is 17.9. The average Bonchev–Trinajstić information content (AvgIpc) is 2.66. The Kier molecular flexibility index (Phi) is 4.07. The third kappa shape index (κ3) is 3.00. The first-order valence-electron chi connectivity index (χ1n) is 8.21. The number of fused-ring (bicyclic) bond motifs is 2. The zero-order valence-corrected chi connectivity index (χ0v) is 13.9. The van der Waals surface area contributed by atoms with Crippen molar-refractivity contribution in [3.05, 3.63) is 83.9 Å². The van der Waals surface area contributed by atoms with Crippen LogP contribution in [0.5, 0.6) is 11.5 Å². The molecule has 4 heteroatoms. The van der Waals surface area contributed by atoms with Gasteiger partial charge in [-0.1, -0.05) is 54.6 Å². The van der Waals surface area contributed by atoms with Gasteiger partial charge in [-0.25, -0.2) is 0 Å². The molecule has 0 heterocycles. The minimum absolute atomic E-state index is 0.165. The number of hydrogen-bond donors (Lipinski definition) is 2. The molecule has 26 heavy (non-hydrogen) atoms. The van der Waals surface area contributed by atoms with E-state index in [0.717, 1.165) is 27.1 Å². The third-order valence-corrected chi connectivity index (χ3v) is 4.30. The first-order chi connectivity index (χ1) is 12.7. The molecule has 0 amide bonds. The lowest BCUT2D eigenvalue weighted by atomic mass is 10.0. The van der Waals surface area contributed by atoms with Crippen LogP contribution < -0.4 is 0 Å². The molecule has 0 radical (unpaired) electrons. The van der Waals surface area contributed by atoms with Crippen LogP contribution in [0.3, 0.4) is 0 Å². The van der Waals surface area contributed by atoms with Gasteiger partial charge >= 0.3 is 0 Å². The van der Waals surface area contributed by atoms with E-state index in [4.69, 9.17) is 0 Å². The monoisotopic (exact) mass is 340 g/mol. The highest BCUT2D eigenvalue weighted by Crippen LogP contribution is 2.25. The molecule has 126 valence electrons. The van der Waals surface area contributed by atoms with Crippen LogP contribution in [0.2, 0.25) is 0 Å². The van der Waals surface area contributed by atoms with Crippen LogP contribution in [0, 0.1) is 0 Å². The molecule has 0 aliphatic rings. The van der Waals surface area contributed by atoms with Gasteiger partial charge in [0.25, 0.3) is 0 Å². The molecule has 4 aromatic rings. The second-order valence-electron chi connectivity index (χ2n) is 5.96. The fraction of sp³-hybridized carbons (Fsp3) is 0. The summed E-state index contributed by atoms with van der Waals surface area (Å²) >= 11 is 0. The highest BCUT2D eigenvalue weighted by atomic mass is 16.3. The summed E-state index contributed by atoms with van der Waals surface area (Å²) in [6.07, 6.45) is 3.19. The van der Waals surface area contributed by atoms with Crippen LogP contribution in [0.4, 0.5) is 0 Å². The molecule has 0 aliphatic carbocycles. The lowest BCUT2D eigenvalue weighted by molar-refractivity contribution is 0.475. The maximum absolute atomic E-state index is 10.1. The first kappa shape index (κ1) is 15.8. The molecular formula is C22H16N2O2. The van der Waals surface area contributed by atoms with Gasteiger partial charge in [0, 0.05) is 11.1 Å². The first-order valence-corrected chi connectivity index (χ1v) is 8.21. The molecule has 4 nitrogen and oxygen atoms in total. The van der Waals surface area contributed by atoms with E-state index in [1.807, 2.05) is 54.6 Å². The molecule has 0 saturated heterocycles. The maximum Gasteiger partial charge on any atom is 0.125 e. The largest absolute Gasteiger partial charge is 0.508 e. The predicted molar refractivity (Wildman–Crippen MR) is 106 cm³/mol. The van der Waals surface area contributed by atoms with Crippen LogP contribution in [0.15, 0.2) is 83.0 Å². The number of phenolic OH excluding ortho intramolecular Hbond substituents is 2. The van der Waals surface area contributed by atoms with Crippen molar-refractivity contribution in [1.29, 1.82) is 0 Å². The van der Waals surface area contributed by atoms with Gasteiger partial charge in [0.1, 0.15) is 11.5 Å². The summed E-state index contributed by atoms with van der Waals surface area (Å²) in [7, 11) is 0. The van der Waals surface area contributed by atoms with E-state index in [-0.39, 0.29) is 11.5 Å². The number of nitrogens with zero attached hydrogens (tertiary/aromatic N) is 2. The van der Waals surface area contributed by atoms with Crippen LogP contribution in [-0.4, -0.2) is 22.6 Å². The zero-order valence-electron chi connectivity index (χ0n) is 13.9. The van der Waals surface area contributed by atoms with Crippen LogP contribution in [-0.2, 0) is 0 Å². The van der Waals surface area contributed by atoms with E-state index in [2.05, 4.69) is 10.2 Å². The minimum Gasteiger partial charge on any atom is -0.508 e. The van der Waals surface area contributed by atoms with Crippen molar-refractivity contribution in [3.8, 4) is 11.5 Å². The minimum atomic E-state index is 0.165. The Bertz CT molecular complexity index is 1160. The smallest absolute Gasteiger partial charge is 0.125 e. The van der Waals surface area contributed by atoms with Crippen molar-refractivity contribution in [3.63, 3.8) is 0 Å². The third-order valence-electron chi connectivity index (χ3n) is 4.30. The molecule has 0 atom stereocenters. The Hall–Kier alpha value is -3.66. The summed E-state index contributed by atoms with van der Waals surface area (Å²) in [6, 6.07) is 22.4. The molecular weight excluding hydrogens is 324 g/mol. The summed E-state index contributed by atoms with van der Waals surface area (Å²) in [5, 5.41) is 31.9. The lowest BCUT2D eigenvalue weighted by Gasteiger charge is -2.04. The quantitative estimate of drug-likeness (QED) is 0.413. The van der Waals surface area contributed by atoms with Crippen molar-refractivity contribution in [2.45, 2.75) is 0 Å². The van der Waals surface area contributed by atoms with Gasteiger partial charge in [0.05, 0.1) is 12.4 Å². The molecule has 4 rings (SSSR count). The number of rotatable bonds is 3. The van der Waals surface area contributed by atoms with Gasteiger partial charge in [-0.2, -0.15) is 10.2 Å². The molecule has 2 N–H and O–H groups in total. The van der Waals surface area contributed by atoms with Gasteiger partial charge in [-0.3, -0.25) is 0 Å². The summed E-state index contributed by atoms with van der Waals surface area (Å²) in [5.41, 5.74) is 1.49. The van der Waals surface area contributed by atoms with Crippen LogP contribution in [0.25, 0.3) is 21.5 Å². The van der Waals surface area contributed by atoms with Crippen molar-refractivity contribution >= 4 is 34.0 Å². The van der Waals surface area contributed by atoms with E-state index in [9.17, 15) is 10.2 Å².